The van der Waals surface area contributed by atoms with Crippen molar-refractivity contribution < 1.29 is 24.3 Å². The Morgan fingerprint density at radius 3 is 2.53 bits per heavy atom. The van der Waals surface area contributed by atoms with Crippen LogP contribution in [0.5, 0.6) is 0 Å². The van der Waals surface area contributed by atoms with Gasteiger partial charge in [-0.05, 0) is 42.2 Å². The number of carboxylic acid groups (broad SMARTS) is 1. The van der Waals surface area contributed by atoms with Crippen LogP contribution in [0.2, 0.25) is 0 Å². The zero-order valence-electron chi connectivity index (χ0n) is 16.3. The Hall–Kier alpha value is -3.48. The first-order valence-corrected chi connectivity index (χ1v) is 9.93. The highest BCUT2D eigenvalue weighted by Crippen LogP contribution is 2.38. The minimum absolute atomic E-state index is 0.0381. The highest BCUT2D eigenvalue weighted by atomic mass is 16.4. The van der Waals surface area contributed by atoms with Crippen LogP contribution in [0.1, 0.15) is 36.0 Å². The summed E-state index contributed by atoms with van der Waals surface area (Å²) in [5.41, 5.74) is -1.36. The number of nitrogens with one attached hydrogen (secondary N) is 2. The zero-order valence-corrected chi connectivity index (χ0v) is 16.3. The van der Waals surface area contributed by atoms with E-state index >= 15 is 0 Å². The number of carbonyl (C=O) groups excluding carboxylic acids is 3. The van der Waals surface area contributed by atoms with Crippen LogP contribution in [-0.4, -0.2) is 40.8 Å². The number of ketones is 1. The highest BCUT2D eigenvalue weighted by molar-refractivity contribution is 6.10. The molecule has 1 fully saturated rings. The van der Waals surface area contributed by atoms with E-state index in [9.17, 15) is 24.3 Å². The minimum Gasteiger partial charge on any atom is -0.480 e. The maximum Gasteiger partial charge on any atom is 0.319 e. The van der Waals surface area contributed by atoms with Gasteiger partial charge in [-0.3, -0.25) is 19.2 Å². The Bertz CT molecular complexity index is 1080. The van der Waals surface area contributed by atoms with E-state index in [2.05, 4.69) is 10.6 Å². The Kier molecular flexibility index (Phi) is 5.11. The van der Waals surface area contributed by atoms with Crippen LogP contribution < -0.4 is 10.6 Å². The number of Topliss-reactive ketones (excluding diaryl/α,β-unsaturated/α-hetero) is 1. The van der Waals surface area contributed by atoms with Crippen LogP contribution in [-0.2, 0) is 14.4 Å². The average Bonchev–Trinajstić information content (AvgIpc) is 2.74. The van der Waals surface area contributed by atoms with Crippen molar-refractivity contribution in [2.75, 3.05) is 0 Å². The lowest BCUT2D eigenvalue weighted by molar-refractivity contribution is -0.161. The number of aliphatic carboxylic acids is 1. The lowest BCUT2D eigenvalue weighted by Crippen LogP contribution is -2.64. The predicted octanol–water partition coefficient (Wildman–Crippen LogP) is 2.21. The number of hydrogen-bond donors (Lipinski definition) is 3. The van der Waals surface area contributed by atoms with Gasteiger partial charge < -0.3 is 15.7 Å². The van der Waals surface area contributed by atoms with Crippen LogP contribution in [0.3, 0.4) is 0 Å². The third-order valence-corrected chi connectivity index (χ3v) is 6.04. The van der Waals surface area contributed by atoms with Gasteiger partial charge in [0.2, 0.25) is 5.91 Å². The number of amides is 2. The standard InChI is InChI=1S/C23H22N2O5/c26-19-11-12-23(22(29)30)18(25-19)8-4-3-7-17(20(23)27)24-21(28)16-10-9-14-5-1-2-6-15(14)13-16/h1-6,9-10,13,17-18H,7-8,11-12H2,(H,24,28)(H,25,26)(H,29,30)/t17-,18-,23?/m0/s1. The molecule has 3 atom stereocenters. The van der Waals surface area contributed by atoms with Crippen LogP contribution in [0.25, 0.3) is 10.8 Å². The molecule has 0 saturated carbocycles. The van der Waals surface area contributed by atoms with E-state index < -0.39 is 35.2 Å². The average molecular weight is 406 g/mol. The third kappa shape index (κ3) is 3.36. The molecular weight excluding hydrogens is 384 g/mol. The molecule has 0 bridgehead atoms. The van der Waals surface area contributed by atoms with Crippen LogP contribution in [0.15, 0.2) is 54.6 Å². The van der Waals surface area contributed by atoms with E-state index in [0.717, 1.165) is 10.8 Å². The van der Waals surface area contributed by atoms with Crippen molar-refractivity contribution in [1.82, 2.24) is 10.6 Å². The molecule has 1 saturated heterocycles. The van der Waals surface area contributed by atoms with E-state index in [-0.39, 0.29) is 31.6 Å². The van der Waals surface area contributed by atoms with Gasteiger partial charge in [0.15, 0.2) is 5.78 Å². The molecule has 1 aliphatic carbocycles. The Morgan fingerprint density at radius 2 is 1.77 bits per heavy atom. The summed E-state index contributed by atoms with van der Waals surface area (Å²) in [4.78, 5) is 50.3. The summed E-state index contributed by atoms with van der Waals surface area (Å²) in [6.45, 7) is 0. The Balaban J connectivity index is 1.63. The van der Waals surface area contributed by atoms with Gasteiger partial charge in [-0.2, -0.15) is 0 Å². The molecule has 0 radical (unpaired) electrons. The second-order valence-electron chi connectivity index (χ2n) is 7.79. The van der Waals surface area contributed by atoms with Crippen LogP contribution >= 0.6 is 0 Å². The smallest absolute Gasteiger partial charge is 0.319 e. The maximum atomic E-state index is 13.4. The quantitative estimate of drug-likeness (QED) is 0.534. The maximum absolute atomic E-state index is 13.4. The summed E-state index contributed by atoms with van der Waals surface area (Å²) in [5, 5.41) is 17.2. The second-order valence-corrected chi connectivity index (χ2v) is 7.79. The molecule has 1 unspecified atom stereocenters. The van der Waals surface area contributed by atoms with Gasteiger partial charge in [-0.1, -0.05) is 42.5 Å². The molecule has 2 aliphatic rings. The fourth-order valence-corrected chi connectivity index (χ4v) is 4.37. The number of rotatable bonds is 3. The molecule has 1 heterocycles. The van der Waals surface area contributed by atoms with Crippen molar-refractivity contribution >= 4 is 34.3 Å². The van der Waals surface area contributed by atoms with Crippen LogP contribution in [0.4, 0.5) is 0 Å². The van der Waals surface area contributed by atoms with Gasteiger partial charge >= 0.3 is 5.97 Å². The van der Waals surface area contributed by atoms with E-state index in [0.29, 0.717) is 5.56 Å². The van der Waals surface area contributed by atoms with E-state index in [1.807, 2.05) is 30.3 Å². The number of piperidine rings is 1. The second kappa shape index (κ2) is 7.74. The van der Waals surface area contributed by atoms with Crippen molar-refractivity contribution in [1.29, 1.82) is 0 Å². The predicted molar refractivity (Wildman–Crippen MR) is 110 cm³/mol. The van der Waals surface area contributed by atoms with E-state index in [4.69, 9.17) is 0 Å². The molecule has 7 nitrogen and oxygen atoms in total. The summed E-state index contributed by atoms with van der Waals surface area (Å²) in [6.07, 6.45) is 3.85. The first-order valence-electron chi connectivity index (χ1n) is 9.93. The van der Waals surface area contributed by atoms with Gasteiger partial charge in [-0.15, -0.1) is 0 Å². The number of carbonyl (C=O) groups is 4. The summed E-state index contributed by atoms with van der Waals surface area (Å²) < 4.78 is 0. The Morgan fingerprint density at radius 1 is 1.03 bits per heavy atom. The monoisotopic (exact) mass is 406 g/mol. The van der Waals surface area contributed by atoms with Gasteiger partial charge in [0.1, 0.15) is 5.41 Å². The molecule has 154 valence electrons. The third-order valence-electron chi connectivity index (χ3n) is 6.04. The SMILES string of the molecule is O=C1CCC2(C(=O)O)C(=O)[C@@H](NC(=O)c3ccc4ccccc4c3)CC=CC[C@@H]2N1. The fourth-order valence-electron chi connectivity index (χ4n) is 4.37. The fraction of sp³-hybridized carbons (Fsp3) is 0.304. The van der Waals surface area contributed by atoms with E-state index in [1.54, 1.807) is 24.3 Å². The number of carboxylic acids is 1. The summed E-state index contributed by atoms with van der Waals surface area (Å²) in [7, 11) is 0. The molecule has 1 aliphatic heterocycles. The van der Waals surface area contributed by atoms with Gasteiger partial charge in [0, 0.05) is 12.0 Å². The topological polar surface area (TPSA) is 113 Å². The van der Waals surface area contributed by atoms with Gasteiger partial charge in [0.05, 0.1) is 12.1 Å². The van der Waals surface area contributed by atoms with Crippen molar-refractivity contribution in [3.63, 3.8) is 0 Å². The minimum atomic E-state index is -1.75. The molecule has 7 heteroatoms. The molecule has 2 aromatic rings. The molecule has 2 aromatic carbocycles. The van der Waals surface area contributed by atoms with Crippen LogP contribution in [0, 0.1) is 5.41 Å². The summed E-state index contributed by atoms with van der Waals surface area (Å²) in [5.74, 6) is -2.54. The first kappa shape index (κ1) is 19.8. The van der Waals surface area contributed by atoms with Gasteiger partial charge in [-0.25, -0.2) is 0 Å². The van der Waals surface area contributed by atoms with Gasteiger partial charge in [0.25, 0.3) is 5.91 Å². The molecular formula is C23H22N2O5. The number of fused-ring (bicyclic) bond motifs is 2. The lowest BCUT2D eigenvalue weighted by atomic mass is 9.66. The normalized spacial score (nSPS) is 26.3. The number of hydrogen-bond acceptors (Lipinski definition) is 4. The Labute approximate surface area is 173 Å². The lowest BCUT2D eigenvalue weighted by Gasteiger charge is -2.42. The first-order chi connectivity index (χ1) is 14.4. The van der Waals surface area contributed by atoms with E-state index in [1.165, 1.54) is 0 Å². The molecule has 0 spiro atoms. The van der Waals surface area contributed by atoms with Crippen molar-refractivity contribution in [3.05, 3.63) is 60.2 Å². The largest absolute Gasteiger partial charge is 0.480 e. The van der Waals surface area contributed by atoms with Crippen molar-refractivity contribution in [3.8, 4) is 0 Å². The molecule has 4 rings (SSSR count). The molecule has 0 aromatic heterocycles. The summed E-state index contributed by atoms with van der Waals surface area (Å²) in [6, 6.07) is 11.0. The summed E-state index contributed by atoms with van der Waals surface area (Å²) >= 11 is 0. The van der Waals surface area contributed by atoms with Crippen molar-refractivity contribution in [2.45, 2.75) is 37.8 Å². The molecule has 30 heavy (non-hydrogen) atoms. The highest BCUT2D eigenvalue weighted by Gasteiger charge is 2.56. The molecule has 2 amide bonds. The number of benzene rings is 2. The zero-order chi connectivity index (χ0) is 21.3. The van der Waals surface area contributed by atoms with Crippen molar-refractivity contribution in [2.24, 2.45) is 5.41 Å². The molecule has 3 N–H and O–H groups in total.